The predicted molar refractivity (Wildman–Crippen MR) is 44.0 cm³/mol. The van der Waals surface area contributed by atoms with Gasteiger partial charge < -0.3 is 14.9 Å². The van der Waals surface area contributed by atoms with Crippen LogP contribution in [-0.4, -0.2) is 17.3 Å². The third-order valence-electron chi connectivity index (χ3n) is 1.24. The van der Waals surface area contributed by atoms with Crippen molar-refractivity contribution >= 4 is 15.9 Å². The van der Waals surface area contributed by atoms with E-state index in [0.717, 1.165) is 0 Å². The Kier molecular flexibility index (Phi) is 2.24. The van der Waals surface area contributed by atoms with Crippen molar-refractivity contribution in [2.75, 3.05) is 7.11 Å². The average molecular weight is 219 g/mol. The number of phenols is 2. The molecule has 1 aromatic carbocycles. The topological polar surface area (TPSA) is 49.7 Å². The molecule has 0 unspecified atom stereocenters. The molecule has 2 N–H and O–H groups in total. The van der Waals surface area contributed by atoms with Gasteiger partial charge in [0, 0.05) is 4.47 Å². The SMILES string of the molecule is COc1cc(Br)cc(O)c1O. The molecule has 0 aromatic heterocycles. The van der Waals surface area contributed by atoms with Crippen molar-refractivity contribution in [1.29, 1.82) is 0 Å². The molecule has 11 heavy (non-hydrogen) atoms. The van der Waals surface area contributed by atoms with Crippen molar-refractivity contribution in [3.05, 3.63) is 16.6 Å². The molecule has 0 fully saturated rings. The van der Waals surface area contributed by atoms with Crippen LogP contribution in [0.5, 0.6) is 17.2 Å². The molecule has 0 spiro atoms. The van der Waals surface area contributed by atoms with E-state index in [1.54, 1.807) is 6.07 Å². The Morgan fingerprint density at radius 1 is 1.36 bits per heavy atom. The highest BCUT2D eigenvalue weighted by atomic mass is 79.9. The molecule has 1 rings (SSSR count). The highest BCUT2D eigenvalue weighted by molar-refractivity contribution is 9.10. The number of phenolic OH excluding ortho intramolecular Hbond substituents is 2. The van der Waals surface area contributed by atoms with Gasteiger partial charge in [0.1, 0.15) is 0 Å². The number of aromatic hydroxyl groups is 2. The van der Waals surface area contributed by atoms with Crippen molar-refractivity contribution in [2.45, 2.75) is 0 Å². The highest BCUT2D eigenvalue weighted by Crippen LogP contribution is 2.37. The Morgan fingerprint density at radius 2 is 2.00 bits per heavy atom. The van der Waals surface area contributed by atoms with E-state index in [1.807, 2.05) is 0 Å². The predicted octanol–water partition coefficient (Wildman–Crippen LogP) is 1.87. The van der Waals surface area contributed by atoms with Gasteiger partial charge in [0.2, 0.25) is 5.75 Å². The summed E-state index contributed by atoms with van der Waals surface area (Å²) in [5, 5.41) is 18.2. The van der Waals surface area contributed by atoms with Crippen LogP contribution < -0.4 is 4.74 Å². The van der Waals surface area contributed by atoms with Crippen molar-refractivity contribution in [2.24, 2.45) is 0 Å². The van der Waals surface area contributed by atoms with Gasteiger partial charge in [-0.1, -0.05) is 15.9 Å². The molecule has 0 saturated heterocycles. The molecule has 3 nitrogen and oxygen atoms in total. The van der Waals surface area contributed by atoms with Crippen LogP contribution in [0.1, 0.15) is 0 Å². The fraction of sp³-hybridized carbons (Fsp3) is 0.143. The summed E-state index contributed by atoms with van der Waals surface area (Å²) in [6.45, 7) is 0. The molecule has 0 heterocycles. The van der Waals surface area contributed by atoms with E-state index in [-0.39, 0.29) is 17.2 Å². The van der Waals surface area contributed by atoms with E-state index in [9.17, 15) is 0 Å². The molecular formula is C7H7BrO3. The Morgan fingerprint density at radius 3 is 2.55 bits per heavy atom. The van der Waals surface area contributed by atoms with Crippen LogP contribution in [0.25, 0.3) is 0 Å². The third kappa shape index (κ3) is 1.57. The maximum absolute atomic E-state index is 9.13. The first-order valence-corrected chi connectivity index (χ1v) is 3.70. The van der Waals surface area contributed by atoms with Gasteiger partial charge in [-0.05, 0) is 12.1 Å². The minimum absolute atomic E-state index is 0.198. The Bertz CT molecular complexity index is 273. The van der Waals surface area contributed by atoms with Crippen LogP contribution in [0.15, 0.2) is 16.6 Å². The van der Waals surface area contributed by atoms with Gasteiger partial charge in [0.25, 0.3) is 0 Å². The number of halogens is 1. The maximum atomic E-state index is 9.13. The van der Waals surface area contributed by atoms with Gasteiger partial charge in [0.05, 0.1) is 7.11 Å². The molecule has 0 amide bonds. The summed E-state index contributed by atoms with van der Waals surface area (Å²) < 4.78 is 5.42. The normalized spacial score (nSPS) is 9.64. The second-order valence-electron chi connectivity index (χ2n) is 1.98. The third-order valence-corrected chi connectivity index (χ3v) is 1.70. The second-order valence-corrected chi connectivity index (χ2v) is 2.89. The van der Waals surface area contributed by atoms with E-state index in [1.165, 1.54) is 13.2 Å². The van der Waals surface area contributed by atoms with Gasteiger partial charge in [-0.3, -0.25) is 0 Å². The summed E-state index contributed by atoms with van der Waals surface area (Å²) in [6, 6.07) is 2.95. The first-order chi connectivity index (χ1) is 5.15. The molecule has 60 valence electrons. The zero-order valence-electron chi connectivity index (χ0n) is 5.84. The summed E-state index contributed by atoms with van der Waals surface area (Å²) in [5.74, 6) is -0.191. The van der Waals surface area contributed by atoms with E-state index >= 15 is 0 Å². The summed E-state index contributed by atoms with van der Waals surface area (Å²) in [7, 11) is 1.42. The van der Waals surface area contributed by atoms with Gasteiger partial charge in [-0.2, -0.15) is 0 Å². The van der Waals surface area contributed by atoms with Crippen LogP contribution in [0, 0.1) is 0 Å². The Labute approximate surface area is 72.4 Å². The molecule has 0 saturated carbocycles. The molecule has 1 aromatic rings. The van der Waals surface area contributed by atoms with Crippen LogP contribution in [-0.2, 0) is 0 Å². The zero-order chi connectivity index (χ0) is 8.43. The van der Waals surface area contributed by atoms with E-state index in [0.29, 0.717) is 4.47 Å². The lowest BCUT2D eigenvalue weighted by Gasteiger charge is -2.04. The first-order valence-electron chi connectivity index (χ1n) is 2.90. The van der Waals surface area contributed by atoms with E-state index < -0.39 is 0 Å². The largest absolute Gasteiger partial charge is 0.504 e. The summed E-state index contributed by atoms with van der Waals surface area (Å²) in [5.41, 5.74) is 0. The average Bonchev–Trinajstić information content (AvgIpc) is 1.96. The summed E-state index contributed by atoms with van der Waals surface area (Å²) in [6.07, 6.45) is 0. The molecule has 4 heteroatoms. The van der Waals surface area contributed by atoms with Crippen LogP contribution in [0.3, 0.4) is 0 Å². The second kappa shape index (κ2) is 3.00. The monoisotopic (exact) mass is 218 g/mol. The lowest BCUT2D eigenvalue weighted by atomic mass is 10.3. The number of benzene rings is 1. The van der Waals surface area contributed by atoms with Crippen LogP contribution >= 0.6 is 15.9 Å². The van der Waals surface area contributed by atoms with Crippen molar-refractivity contribution in [3.63, 3.8) is 0 Å². The Balaban J connectivity index is 3.24. The molecule has 0 aliphatic carbocycles. The van der Waals surface area contributed by atoms with Crippen molar-refractivity contribution in [3.8, 4) is 17.2 Å². The highest BCUT2D eigenvalue weighted by Gasteiger charge is 2.07. The number of ether oxygens (including phenoxy) is 1. The molecule has 0 bridgehead atoms. The number of methoxy groups -OCH3 is 1. The van der Waals surface area contributed by atoms with Crippen molar-refractivity contribution in [1.82, 2.24) is 0 Å². The first kappa shape index (κ1) is 8.20. The minimum atomic E-state index is -0.240. The van der Waals surface area contributed by atoms with Crippen LogP contribution in [0.2, 0.25) is 0 Å². The summed E-state index contributed by atoms with van der Waals surface area (Å²) in [4.78, 5) is 0. The minimum Gasteiger partial charge on any atom is -0.504 e. The van der Waals surface area contributed by atoms with Gasteiger partial charge in [-0.15, -0.1) is 0 Å². The van der Waals surface area contributed by atoms with Gasteiger partial charge in [-0.25, -0.2) is 0 Å². The maximum Gasteiger partial charge on any atom is 0.200 e. The van der Waals surface area contributed by atoms with Gasteiger partial charge >= 0.3 is 0 Å². The fourth-order valence-electron chi connectivity index (χ4n) is 0.716. The van der Waals surface area contributed by atoms with Gasteiger partial charge in [0.15, 0.2) is 11.5 Å². The quantitative estimate of drug-likeness (QED) is 0.708. The summed E-state index contributed by atoms with van der Waals surface area (Å²) >= 11 is 3.14. The number of rotatable bonds is 1. The fourth-order valence-corrected chi connectivity index (χ4v) is 1.14. The lowest BCUT2D eigenvalue weighted by Crippen LogP contribution is -1.83. The molecule has 0 radical (unpaired) electrons. The number of hydrogen-bond acceptors (Lipinski definition) is 3. The van der Waals surface area contributed by atoms with E-state index in [2.05, 4.69) is 15.9 Å². The van der Waals surface area contributed by atoms with E-state index in [4.69, 9.17) is 14.9 Å². The smallest absolute Gasteiger partial charge is 0.200 e. The Hall–Kier alpha value is -0.900. The molecule has 0 aliphatic rings. The van der Waals surface area contributed by atoms with Crippen molar-refractivity contribution < 1.29 is 14.9 Å². The standard InChI is InChI=1S/C7H7BrO3/c1-11-6-3-4(8)2-5(9)7(6)10/h2-3,9-10H,1H3. The molecule has 0 aliphatic heterocycles. The molecular weight excluding hydrogens is 212 g/mol. The number of hydrogen-bond donors (Lipinski definition) is 2. The zero-order valence-corrected chi connectivity index (χ0v) is 7.42. The molecule has 0 atom stereocenters. The lowest BCUT2D eigenvalue weighted by molar-refractivity contribution is 0.350. The van der Waals surface area contributed by atoms with Crippen LogP contribution in [0.4, 0.5) is 0 Å².